The first-order valence-electron chi connectivity index (χ1n) is 6.37. The quantitative estimate of drug-likeness (QED) is 0.519. The standard InChI is InChI=1S/C14H24O4/c1-6-7-8-11(15)10(13(17)18-5)9-12(16)14(2,3)4/h10H,6-9H2,1-5H3. The molecule has 0 rings (SSSR count). The molecule has 0 aromatic rings. The Morgan fingerprint density at radius 2 is 1.72 bits per heavy atom. The smallest absolute Gasteiger partial charge is 0.316 e. The molecule has 18 heavy (non-hydrogen) atoms. The van der Waals surface area contributed by atoms with Crippen LogP contribution in [0, 0.1) is 11.3 Å². The van der Waals surface area contributed by atoms with E-state index in [9.17, 15) is 14.4 Å². The van der Waals surface area contributed by atoms with E-state index in [4.69, 9.17) is 0 Å². The van der Waals surface area contributed by atoms with Crippen molar-refractivity contribution in [2.24, 2.45) is 11.3 Å². The number of ketones is 2. The van der Waals surface area contributed by atoms with E-state index in [1.807, 2.05) is 6.92 Å². The van der Waals surface area contributed by atoms with Gasteiger partial charge in [-0.25, -0.2) is 0 Å². The van der Waals surface area contributed by atoms with Crippen molar-refractivity contribution >= 4 is 17.5 Å². The molecular weight excluding hydrogens is 232 g/mol. The molecule has 1 atom stereocenters. The Kier molecular flexibility index (Phi) is 6.81. The number of rotatable bonds is 7. The van der Waals surface area contributed by atoms with E-state index in [1.54, 1.807) is 20.8 Å². The number of carbonyl (C=O) groups excluding carboxylic acids is 3. The van der Waals surface area contributed by atoms with Gasteiger partial charge in [-0.05, 0) is 6.42 Å². The van der Waals surface area contributed by atoms with Crippen LogP contribution in [0.4, 0.5) is 0 Å². The molecule has 0 radical (unpaired) electrons. The highest BCUT2D eigenvalue weighted by atomic mass is 16.5. The van der Waals surface area contributed by atoms with Gasteiger partial charge in [0, 0.05) is 18.3 Å². The van der Waals surface area contributed by atoms with E-state index >= 15 is 0 Å². The van der Waals surface area contributed by atoms with Gasteiger partial charge in [-0.1, -0.05) is 34.1 Å². The predicted octanol–water partition coefficient (Wildman–Crippen LogP) is 2.54. The number of hydrogen-bond donors (Lipinski definition) is 0. The molecule has 0 bridgehead atoms. The van der Waals surface area contributed by atoms with Gasteiger partial charge in [0.25, 0.3) is 0 Å². The Labute approximate surface area is 109 Å². The highest BCUT2D eigenvalue weighted by Gasteiger charge is 2.33. The van der Waals surface area contributed by atoms with E-state index < -0.39 is 17.3 Å². The summed E-state index contributed by atoms with van der Waals surface area (Å²) >= 11 is 0. The van der Waals surface area contributed by atoms with Gasteiger partial charge in [-0.2, -0.15) is 0 Å². The fourth-order valence-electron chi connectivity index (χ4n) is 1.49. The molecule has 0 saturated carbocycles. The molecule has 0 aliphatic heterocycles. The normalized spacial score (nSPS) is 12.9. The van der Waals surface area contributed by atoms with E-state index in [-0.39, 0.29) is 18.0 Å². The van der Waals surface area contributed by atoms with Crippen molar-refractivity contribution < 1.29 is 19.1 Å². The van der Waals surface area contributed by atoms with E-state index in [2.05, 4.69) is 4.74 Å². The van der Waals surface area contributed by atoms with Crippen LogP contribution in [0.2, 0.25) is 0 Å². The number of unbranched alkanes of at least 4 members (excludes halogenated alkanes) is 1. The van der Waals surface area contributed by atoms with Gasteiger partial charge in [0.1, 0.15) is 17.5 Å². The molecule has 4 heteroatoms. The average Bonchev–Trinajstić information content (AvgIpc) is 2.30. The van der Waals surface area contributed by atoms with E-state index in [1.165, 1.54) is 7.11 Å². The summed E-state index contributed by atoms with van der Waals surface area (Å²) < 4.78 is 4.62. The maximum absolute atomic E-state index is 11.9. The third-order valence-corrected chi connectivity index (χ3v) is 2.88. The molecule has 0 N–H and O–H groups in total. The summed E-state index contributed by atoms with van der Waals surface area (Å²) in [6.07, 6.45) is 1.88. The molecule has 0 aliphatic rings. The van der Waals surface area contributed by atoms with Gasteiger partial charge in [-0.3, -0.25) is 14.4 Å². The van der Waals surface area contributed by atoms with Crippen LogP contribution < -0.4 is 0 Å². The number of esters is 1. The van der Waals surface area contributed by atoms with Crippen molar-refractivity contribution in [1.82, 2.24) is 0 Å². The predicted molar refractivity (Wildman–Crippen MR) is 69.1 cm³/mol. The van der Waals surface area contributed by atoms with Gasteiger partial charge in [0.2, 0.25) is 0 Å². The minimum atomic E-state index is -0.937. The highest BCUT2D eigenvalue weighted by Crippen LogP contribution is 2.22. The monoisotopic (exact) mass is 256 g/mol. The van der Waals surface area contributed by atoms with Crippen LogP contribution in [0.1, 0.15) is 53.4 Å². The zero-order valence-corrected chi connectivity index (χ0v) is 12.0. The minimum Gasteiger partial charge on any atom is -0.468 e. The molecule has 104 valence electrons. The molecule has 1 unspecified atom stereocenters. The van der Waals surface area contributed by atoms with Crippen molar-refractivity contribution in [2.75, 3.05) is 7.11 Å². The molecule has 0 heterocycles. The fourth-order valence-corrected chi connectivity index (χ4v) is 1.49. The van der Waals surface area contributed by atoms with Crippen LogP contribution in [0.3, 0.4) is 0 Å². The summed E-state index contributed by atoms with van der Waals surface area (Å²) in [6, 6.07) is 0. The van der Waals surface area contributed by atoms with Crippen LogP contribution in [0.15, 0.2) is 0 Å². The van der Waals surface area contributed by atoms with Crippen molar-refractivity contribution in [3.8, 4) is 0 Å². The molecule has 0 aromatic heterocycles. The minimum absolute atomic E-state index is 0.0568. The zero-order chi connectivity index (χ0) is 14.3. The van der Waals surface area contributed by atoms with Crippen molar-refractivity contribution in [2.45, 2.75) is 53.4 Å². The van der Waals surface area contributed by atoms with Crippen molar-refractivity contribution in [3.05, 3.63) is 0 Å². The Morgan fingerprint density at radius 1 is 1.17 bits per heavy atom. The third kappa shape index (κ3) is 5.43. The zero-order valence-electron chi connectivity index (χ0n) is 12.0. The van der Waals surface area contributed by atoms with Crippen molar-refractivity contribution in [3.63, 3.8) is 0 Å². The summed E-state index contributed by atoms with van der Waals surface area (Å²) in [5.74, 6) is -1.83. The van der Waals surface area contributed by atoms with Crippen LogP contribution in [-0.2, 0) is 19.1 Å². The lowest BCUT2D eigenvalue weighted by molar-refractivity contribution is -0.152. The van der Waals surface area contributed by atoms with Crippen LogP contribution >= 0.6 is 0 Å². The van der Waals surface area contributed by atoms with Crippen molar-refractivity contribution in [1.29, 1.82) is 0 Å². The molecule has 0 spiro atoms. The molecule has 4 nitrogen and oxygen atoms in total. The number of carbonyl (C=O) groups is 3. The molecule has 0 aliphatic carbocycles. The molecular formula is C14H24O4. The molecule has 0 aromatic carbocycles. The SMILES string of the molecule is CCCCC(=O)C(CC(=O)C(C)(C)C)C(=O)OC. The first-order valence-corrected chi connectivity index (χ1v) is 6.37. The first-order chi connectivity index (χ1) is 8.23. The second-order valence-electron chi connectivity index (χ2n) is 5.52. The lowest BCUT2D eigenvalue weighted by atomic mass is 9.83. The number of methoxy groups -OCH3 is 1. The highest BCUT2D eigenvalue weighted by molar-refractivity contribution is 6.03. The van der Waals surface area contributed by atoms with Crippen LogP contribution in [0.25, 0.3) is 0 Å². The average molecular weight is 256 g/mol. The Balaban J connectivity index is 4.75. The van der Waals surface area contributed by atoms with Crippen LogP contribution in [0.5, 0.6) is 0 Å². The van der Waals surface area contributed by atoms with Gasteiger partial charge >= 0.3 is 5.97 Å². The Hall–Kier alpha value is -1.19. The van der Waals surface area contributed by atoms with Crippen LogP contribution in [-0.4, -0.2) is 24.6 Å². The van der Waals surface area contributed by atoms with E-state index in [0.717, 1.165) is 12.8 Å². The Morgan fingerprint density at radius 3 is 2.11 bits per heavy atom. The molecule has 0 saturated heterocycles. The molecule has 0 fully saturated rings. The maximum Gasteiger partial charge on any atom is 0.316 e. The van der Waals surface area contributed by atoms with Gasteiger partial charge in [0.15, 0.2) is 0 Å². The summed E-state index contributed by atoms with van der Waals surface area (Å²) in [5.41, 5.74) is -0.544. The summed E-state index contributed by atoms with van der Waals surface area (Å²) in [7, 11) is 1.24. The number of hydrogen-bond acceptors (Lipinski definition) is 4. The van der Waals surface area contributed by atoms with E-state index in [0.29, 0.717) is 6.42 Å². The lowest BCUT2D eigenvalue weighted by Gasteiger charge is -2.20. The summed E-state index contributed by atoms with van der Waals surface area (Å²) in [4.78, 5) is 35.4. The largest absolute Gasteiger partial charge is 0.468 e. The first kappa shape index (κ1) is 16.8. The second kappa shape index (κ2) is 7.29. The number of Topliss-reactive ketones (excluding diaryl/α,β-unsaturated/α-hetero) is 2. The number of ether oxygens (including phenoxy) is 1. The Bertz CT molecular complexity index is 312. The van der Waals surface area contributed by atoms with Gasteiger partial charge in [0.05, 0.1) is 7.11 Å². The summed E-state index contributed by atoms with van der Waals surface area (Å²) in [6.45, 7) is 7.31. The maximum atomic E-state index is 11.9. The van der Waals surface area contributed by atoms with Gasteiger partial charge < -0.3 is 4.74 Å². The summed E-state index contributed by atoms with van der Waals surface area (Å²) in [5, 5.41) is 0. The third-order valence-electron chi connectivity index (χ3n) is 2.88. The second-order valence-corrected chi connectivity index (χ2v) is 5.52. The fraction of sp³-hybridized carbons (Fsp3) is 0.786. The topological polar surface area (TPSA) is 60.4 Å². The van der Waals surface area contributed by atoms with Gasteiger partial charge in [-0.15, -0.1) is 0 Å². The molecule has 0 amide bonds. The lowest BCUT2D eigenvalue weighted by Crippen LogP contribution is -2.32.